The molecule has 0 aliphatic carbocycles. The zero-order valence-electron chi connectivity index (χ0n) is 14.5. The van der Waals surface area contributed by atoms with Gasteiger partial charge in [0.15, 0.2) is 5.96 Å². The zero-order valence-corrected chi connectivity index (χ0v) is 14.5. The van der Waals surface area contributed by atoms with Gasteiger partial charge in [0.05, 0.1) is 13.7 Å². The molecule has 2 N–H and O–H groups in total. The zero-order chi connectivity index (χ0) is 16.5. The Balaban J connectivity index is 2.45. The third-order valence-corrected chi connectivity index (χ3v) is 3.52. The fourth-order valence-electron chi connectivity index (χ4n) is 1.77. The Bertz CT molecular complexity index is 475. The minimum absolute atomic E-state index is 0.0139. The summed E-state index contributed by atoms with van der Waals surface area (Å²) in [5, 5.41) is 6.65. The SMILES string of the molecule is CN=C(NCC(C)Oc1cccc(OC)c1)NC(C)C(C)C. The van der Waals surface area contributed by atoms with Crippen LogP contribution in [0.15, 0.2) is 29.3 Å². The molecule has 0 saturated carbocycles. The van der Waals surface area contributed by atoms with E-state index in [0.717, 1.165) is 17.5 Å². The van der Waals surface area contributed by atoms with Gasteiger partial charge in [-0.2, -0.15) is 0 Å². The lowest BCUT2D eigenvalue weighted by atomic mass is 10.1. The molecular weight excluding hydrogens is 278 g/mol. The molecule has 5 nitrogen and oxygen atoms in total. The van der Waals surface area contributed by atoms with Gasteiger partial charge in [-0.05, 0) is 31.9 Å². The number of aliphatic imine (C=N–C) groups is 1. The second kappa shape index (κ2) is 9.18. The minimum Gasteiger partial charge on any atom is -0.497 e. The topological polar surface area (TPSA) is 54.9 Å². The van der Waals surface area contributed by atoms with E-state index in [0.29, 0.717) is 18.5 Å². The fraction of sp³-hybridized carbons (Fsp3) is 0.588. The Hall–Kier alpha value is -1.91. The third-order valence-electron chi connectivity index (χ3n) is 3.52. The van der Waals surface area contributed by atoms with Crippen molar-refractivity contribution in [1.82, 2.24) is 10.6 Å². The van der Waals surface area contributed by atoms with Crippen molar-refractivity contribution in [3.63, 3.8) is 0 Å². The molecule has 2 unspecified atom stereocenters. The van der Waals surface area contributed by atoms with E-state index in [1.807, 2.05) is 31.2 Å². The highest BCUT2D eigenvalue weighted by atomic mass is 16.5. The number of methoxy groups -OCH3 is 1. The molecule has 0 heterocycles. The first-order valence-corrected chi connectivity index (χ1v) is 7.74. The summed E-state index contributed by atoms with van der Waals surface area (Å²) in [5.41, 5.74) is 0. The molecule has 0 bridgehead atoms. The lowest BCUT2D eigenvalue weighted by Crippen LogP contribution is -2.46. The van der Waals surface area contributed by atoms with Crippen LogP contribution in [0.4, 0.5) is 0 Å². The van der Waals surface area contributed by atoms with Gasteiger partial charge in [-0.15, -0.1) is 0 Å². The van der Waals surface area contributed by atoms with E-state index in [1.165, 1.54) is 0 Å². The third kappa shape index (κ3) is 6.24. The number of guanidine groups is 1. The molecular formula is C17H29N3O2. The predicted molar refractivity (Wildman–Crippen MR) is 91.9 cm³/mol. The monoisotopic (exact) mass is 307 g/mol. The van der Waals surface area contributed by atoms with Crippen molar-refractivity contribution in [2.24, 2.45) is 10.9 Å². The molecule has 1 rings (SSSR count). The summed E-state index contributed by atoms with van der Waals surface area (Å²) in [6.07, 6.45) is 0.0139. The molecule has 0 amide bonds. The Morgan fingerprint density at radius 1 is 1.18 bits per heavy atom. The molecule has 5 heteroatoms. The largest absolute Gasteiger partial charge is 0.497 e. The lowest BCUT2D eigenvalue weighted by Gasteiger charge is -2.22. The summed E-state index contributed by atoms with van der Waals surface area (Å²) in [4.78, 5) is 4.24. The van der Waals surface area contributed by atoms with E-state index in [9.17, 15) is 0 Å². The van der Waals surface area contributed by atoms with Crippen LogP contribution in [0.5, 0.6) is 11.5 Å². The van der Waals surface area contributed by atoms with Gasteiger partial charge in [0.2, 0.25) is 0 Å². The molecule has 0 saturated heterocycles. The molecule has 0 fully saturated rings. The Labute approximate surface area is 134 Å². The van der Waals surface area contributed by atoms with Gasteiger partial charge in [0.25, 0.3) is 0 Å². The second-order valence-electron chi connectivity index (χ2n) is 5.74. The van der Waals surface area contributed by atoms with Gasteiger partial charge in [-0.1, -0.05) is 19.9 Å². The van der Waals surface area contributed by atoms with E-state index < -0.39 is 0 Å². The summed E-state index contributed by atoms with van der Waals surface area (Å²) in [5.74, 6) is 2.93. The molecule has 0 aliphatic heterocycles. The molecule has 0 spiro atoms. The maximum atomic E-state index is 5.88. The number of rotatable bonds is 7. The Kier molecular flexibility index (Phi) is 7.57. The van der Waals surface area contributed by atoms with E-state index in [4.69, 9.17) is 9.47 Å². The maximum Gasteiger partial charge on any atom is 0.191 e. The average Bonchev–Trinajstić information content (AvgIpc) is 2.51. The van der Waals surface area contributed by atoms with Crippen LogP contribution in [0, 0.1) is 5.92 Å². The van der Waals surface area contributed by atoms with Crippen molar-refractivity contribution in [1.29, 1.82) is 0 Å². The molecule has 22 heavy (non-hydrogen) atoms. The first-order chi connectivity index (χ1) is 10.5. The molecule has 1 aromatic carbocycles. The van der Waals surface area contributed by atoms with Crippen LogP contribution in [0.1, 0.15) is 27.7 Å². The first kappa shape index (κ1) is 18.1. The summed E-state index contributed by atoms with van der Waals surface area (Å²) in [6, 6.07) is 7.98. The van der Waals surface area contributed by atoms with Crippen molar-refractivity contribution < 1.29 is 9.47 Å². The van der Waals surface area contributed by atoms with Crippen LogP contribution in [0.3, 0.4) is 0 Å². The van der Waals surface area contributed by atoms with Crippen molar-refractivity contribution in [3.8, 4) is 11.5 Å². The molecule has 124 valence electrons. The van der Waals surface area contributed by atoms with Crippen LogP contribution in [-0.2, 0) is 0 Å². The van der Waals surface area contributed by atoms with E-state index in [2.05, 4.69) is 36.4 Å². The molecule has 2 atom stereocenters. The average molecular weight is 307 g/mol. The van der Waals surface area contributed by atoms with Gasteiger partial charge in [0, 0.05) is 19.2 Å². The summed E-state index contributed by atoms with van der Waals surface area (Å²) >= 11 is 0. The molecule has 0 radical (unpaired) electrons. The fourth-order valence-corrected chi connectivity index (χ4v) is 1.77. The Morgan fingerprint density at radius 3 is 2.45 bits per heavy atom. The maximum absolute atomic E-state index is 5.88. The summed E-state index contributed by atoms with van der Waals surface area (Å²) in [7, 11) is 3.42. The summed E-state index contributed by atoms with van der Waals surface area (Å²) in [6.45, 7) is 9.19. The quantitative estimate of drug-likeness (QED) is 0.601. The summed E-state index contributed by atoms with van der Waals surface area (Å²) < 4.78 is 11.1. The Morgan fingerprint density at radius 2 is 1.86 bits per heavy atom. The highest BCUT2D eigenvalue weighted by Crippen LogP contribution is 2.19. The van der Waals surface area contributed by atoms with Crippen LogP contribution in [0.2, 0.25) is 0 Å². The van der Waals surface area contributed by atoms with E-state index in [1.54, 1.807) is 14.2 Å². The van der Waals surface area contributed by atoms with Crippen molar-refractivity contribution in [3.05, 3.63) is 24.3 Å². The van der Waals surface area contributed by atoms with Crippen LogP contribution >= 0.6 is 0 Å². The normalized spacial score (nSPS) is 14.4. The van der Waals surface area contributed by atoms with Gasteiger partial charge < -0.3 is 20.1 Å². The van der Waals surface area contributed by atoms with Gasteiger partial charge in [-0.3, -0.25) is 4.99 Å². The number of nitrogens with one attached hydrogen (secondary N) is 2. The lowest BCUT2D eigenvalue weighted by molar-refractivity contribution is 0.222. The van der Waals surface area contributed by atoms with Gasteiger partial charge in [0.1, 0.15) is 17.6 Å². The van der Waals surface area contributed by atoms with E-state index >= 15 is 0 Å². The minimum atomic E-state index is 0.0139. The molecule has 1 aromatic rings. The highest BCUT2D eigenvalue weighted by molar-refractivity contribution is 5.79. The van der Waals surface area contributed by atoms with Crippen LogP contribution in [-0.4, -0.2) is 38.8 Å². The predicted octanol–water partition coefficient (Wildman–Crippen LogP) is 2.67. The first-order valence-electron chi connectivity index (χ1n) is 7.74. The standard InChI is InChI=1S/C17H29N3O2/c1-12(2)14(4)20-17(18-5)19-11-13(3)22-16-9-7-8-15(10-16)21-6/h7-10,12-14H,11H2,1-6H3,(H2,18,19,20). The van der Waals surface area contributed by atoms with E-state index in [-0.39, 0.29) is 6.10 Å². The second-order valence-corrected chi connectivity index (χ2v) is 5.74. The van der Waals surface area contributed by atoms with Crippen molar-refractivity contribution >= 4 is 5.96 Å². The molecule has 0 aliphatic rings. The smallest absolute Gasteiger partial charge is 0.191 e. The number of hydrogen-bond donors (Lipinski definition) is 2. The number of nitrogens with zero attached hydrogens (tertiary/aromatic N) is 1. The molecule has 0 aromatic heterocycles. The van der Waals surface area contributed by atoms with Crippen molar-refractivity contribution in [2.45, 2.75) is 39.8 Å². The van der Waals surface area contributed by atoms with Crippen molar-refractivity contribution in [2.75, 3.05) is 20.7 Å². The van der Waals surface area contributed by atoms with Gasteiger partial charge >= 0.3 is 0 Å². The van der Waals surface area contributed by atoms with Crippen LogP contribution < -0.4 is 20.1 Å². The number of hydrogen-bond acceptors (Lipinski definition) is 3. The van der Waals surface area contributed by atoms with Gasteiger partial charge in [-0.25, -0.2) is 0 Å². The number of ether oxygens (including phenoxy) is 2. The number of benzene rings is 1. The van der Waals surface area contributed by atoms with Crippen LogP contribution in [0.25, 0.3) is 0 Å². The highest BCUT2D eigenvalue weighted by Gasteiger charge is 2.10.